The van der Waals surface area contributed by atoms with Gasteiger partial charge in [0.25, 0.3) is 0 Å². The Morgan fingerprint density at radius 1 is 1.30 bits per heavy atom. The Morgan fingerprint density at radius 2 is 2.22 bits per heavy atom. The second kappa shape index (κ2) is 7.57. The summed E-state index contributed by atoms with van der Waals surface area (Å²) >= 11 is 3.01. The number of carbonyl (C=O) groups is 1. The van der Waals surface area contributed by atoms with E-state index in [9.17, 15) is 4.79 Å². The van der Waals surface area contributed by atoms with E-state index in [0.717, 1.165) is 26.0 Å². The van der Waals surface area contributed by atoms with Crippen LogP contribution in [0.4, 0.5) is 0 Å². The molecule has 0 unspecified atom stereocenters. The van der Waals surface area contributed by atoms with E-state index in [1.54, 1.807) is 17.5 Å². The molecule has 3 rings (SSSR count). The summed E-state index contributed by atoms with van der Waals surface area (Å²) < 4.78 is 6.55. The zero-order valence-electron chi connectivity index (χ0n) is 12.7. The van der Waals surface area contributed by atoms with E-state index in [1.165, 1.54) is 11.8 Å². The maximum atomic E-state index is 12.1. The van der Waals surface area contributed by atoms with Crippen LogP contribution in [0.1, 0.15) is 11.9 Å². The fourth-order valence-electron chi connectivity index (χ4n) is 2.09. The molecule has 23 heavy (non-hydrogen) atoms. The standard InChI is InChI=1S/C17H16N2O2S2/c1-2-21-13-6-7-14-15(10-13)23-17(19-14)9-12(20)11-22-16-5-3-4-8-18-16/h3-8,10H,2,9,11H2,1H3. The molecule has 2 heterocycles. The third-order valence-corrected chi connectivity index (χ3v) is 5.10. The number of hydrogen-bond acceptors (Lipinski definition) is 6. The molecular formula is C17H16N2O2S2. The zero-order chi connectivity index (χ0) is 16.1. The van der Waals surface area contributed by atoms with Crippen LogP contribution < -0.4 is 4.74 Å². The predicted molar refractivity (Wildman–Crippen MR) is 94.5 cm³/mol. The van der Waals surface area contributed by atoms with Crippen molar-refractivity contribution in [2.24, 2.45) is 0 Å². The van der Waals surface area contributed by atoms with Crippen LogP contribution in [-0.2, 0) is 11.2 Å². The van der Waals surface area contributed by atoms with Crippen molar-refractivity contribution in [3.63, 3.8) is 0 Å². The molecule has 3 aromatic rings. The van der Waals surface area contributed by atoms with E-state index in [4.69, 9.17) is 4.74 Å². The predicted octanol–water partition coefficient (Wildman–Crippen LogP) is 3.99. The van der Waals surface area contributed by atoms with Gasteiger partial charge in [0, 0.05) is 6.20 Å². The van der Waals surface area contributed by atoms with Crippen molar-refractivity contribution in [3.05, 3.63) is 47.6 Å². The first-order chi connectivity index (χ1) is 11.2. The number of ether oxygens (including phenoxy) is 1. The number of thiazole rings is 1. The van der Waals surface area contributed by atoms with Crippen LogP contribution in [0.2, 0.25) is 0 Å². The maximum Gasteiger partial charge on any atom is 0.149 e. The first-order valence-corrected chi connectivity index (χ1v) is 9.12. The number of aromatic nitrogens is 2. The molecule has 0 bridgehead atoms. The van der Waals surface area contributed by atoms with E-state index in [-0.39, 0.29) is 5.78 Å². The Balaban J connectivity index is 1.63. The van der Waals surface area contributed by atoms with Crippen LogP contribution in [0.15, 0.2) is 47.6 Å². The van der Waals surface area contributed by atoms with E-state index in [2.05, 4.69) is 9.97 Å². The van der Waals surface area contributed by atoms with Crippen molar-refractivity contribution < 1.29 is 9.53 Å². The highest BCUT2D eigenvalue weighted by Gasteiger charge is 2.10. The number of nitrogens with zero attached hydrogens (tertiary/aromatic N) is 2. The molecular weight excluding hydrogens is 328 g/mol. The van der Waals surface area contributed by atoms with Crippen LogP contribution in [0.5, 0.6) is 5.75 Å². The first kappa shape index (κ1) is 16.0. The van der Waals surface area contributed by atoms with Crippen molar-refractivity contribution in [2.45, 2.75) is 18.4 Å². The number of ketones is 1. The molecule has 0 saturated carbocycles. The van der Waals surface area contributed by atoms with Gasteiger partial charge in [-0.3, -0.25) is 4.79 Å². The molecule has 118 valence electrons. The molecule has 0 aliphatic rings. The number of fused-ring (bicyclic) bond motifs is 1. The molecule has 4 nitrogen and oxygen atoms in total. The lowest BCUT2D eigenvalue weighted by molar-refractivity contribution is -0.116. The number of carbonyl (C=O) groups excluding carboxylic acids is 1. The zero-order valence-corrected chi connectivity index (χ0v) is 14.3. The minimum absolute atomic E-state index is 0.157. The van der Waals surface area contributed by atoms with Crippen LogP contribution in [0.3, 0.4) is 0 Å². The Bertz CT molecular complexity index is 803. The van der Waals surface area contributed by atoms with Gasteiger partial charge in [0.2, 0.25) is 0 Å². The van der Waals surface area contributed by atoms with Gasteiger partial charge in [0.05, 0.1) is 34.0 Å². The minimum atomic E-state index is 0.157. The van der Waals surface area contributed by atoms with Gasteiger partial charge in [-0.25, -0.2) is 9.97 Å². The van der Waals surface area contributed by atoms with E-state index in [1.807, 2.05) is 43.3 Å². The molecule has 1 aromatic carbocycles. The van der Waals surface area contributed by atoms with Gasteiger partial charge in [-0.2, -0.15) is 0 Å². The van der Waals surface area contributed by atoms with Gasteiger partial charge < -0.3 is 4.74 Å². The Morgan fingerprint density at radius 3 is 3.00 bits per heavy atom. The summed E-state index contributed by atoms with van der Waals surface area (Å²) in [5.41, 5.74) is 0.915. The minimum Gasteiger partial charge on any atom is -0.494 e. The second-order valence-electron chi connectivity index (χ2n) is 4.84. The number of hydrogen-bond donors (Lipinski definition) is 0. The van der Waals surface area contributed by atoms with Gasteiger partial charge in [0.1, 0.15) is 16.5 Å². The summed E-state index contributed by atoms with van der Waals surface area (Å²) in [6.45, 7) is 2.60. The van der Waals surface area contributed by atoms with Crippen LogP contribution in [0, 0.1) is 0 Å². The molecule has 0 fully saturated rings. The summed E-state index contributed by atoms with van der Waals surface area (Å²) in [6.07, 6.45) is 2.10. The van der Waals surface area contributed by atoms with Gasteiger partial charge in [-0.1, -0.05) is 17.8 Å². The third kappa shape index (κ3) is 4.30. The normalized spacial score (nSPS) is 10.8. The van der Waals surface area contributed by atoms with Crippen molar-refractivity contribution >= 4 is 39.1 Å². The largest absolute Gasteiger partial charge is 0.494 e. The highest BCUT2D eigenvalue weighted by Crippen LogP contribution is 2.27. The van der Waals surface area contributed by atoms with Crippen molar-refractivity contribution in [1.29, 1.82) is 0 Å². The van der Waals surface area contributed by atoms with Gasteiger partial charge in [0.15, 0.2) is 0 Å². The number of pyridine rings is 1. The summed E-state index contributed by atoms with van der Waals surface area (Å²) in [4.78, 5) is 20.9. The fourth-order valence-corrected chi connectivity index (χ4v) is 3.84. The Kier molecular flexibility index (Phi) is 5.25. The van der Waals surface area contributed by atoms with Gasteiger partial charge in [-0.15, -0.1) is 11.3 Å². The summed E-state index contributed by atoms with van der Waals surface area (Å²) in [6, 6.07) is 11.5. The fraction of sp³-hybridized carbons (Fsp3) is 0.235. The third-order valence-electron chi connectivity index (χ3n) is 3.08. The molecule has 0 spiro atoms. The quantitative estimate of drug-likeness (QED) is 0.607. The van der Waals surface area contributed by atoms with E-state index < -0.39 is 0 Å². The SMILES string of the molecule is CCOc1ccc2nc(CC(=O)CSc3ccccn3)sc2c1. The van der Waals surface area contributed by atoms with E-state index >= 15 is 0 Å². The van der Waals surface area contributed by atoms with Crippen LogP contribution >= 0.6 is 23.1 Å². The highest BCUT2D eigenvalue weighted by atomic mass is 32.2. The lowest BCUT2D eigenvalue weighted by Gasteiger charge is -2.00. The summed E-state index contributed by atoms with van der Waals surface area (Å²) in [5, 5.41) is 1.71. The van der Waals surface area contributed by atoms with Gasteiger partial charge >= 0.3 is 0 Å². The average molecular weight is 344 g/mol. The monoisotopic (exact) mass is 344 g/mol. The number of benzene rings is 1. The molecule has 2 aromatic heterocycles. The Hall–Kier alpha value is -1.92. The lowest BCUT2D eigenvalue weighted by Crippen LogP contribution is -2.05. The summed E-state index contributed by atoms with van der Waals surface area (Å²) in [7, 11) is 0. The lowest BCUT2D eigenvalue weighted by atomic mass is 10.3. The Labute approximate surface area is 142 Å². The molecule has 0 aliphatic carbocycles. The van der Waals surface area contributed by atoms with Gasteiger partial charge in [-0.05, 0) is 37.3 Å². The first-order valence-electron chi connectivity index (χ1n) is 7.32. The molecule has 0 N–H and O–H groups in total. The topological polar surface area (TPSA) is 52.1 Å². The van der Waals surface area contributed by atoms with Crippen molar-refractivity contribution in [2.75, 3.05) is 12.4 Å². The molecule has 0 radical (unpaired) electrons. The molecule has 0 aliphatic heterocycles. The average Bonchev–Trinajstić information content (AvgIpc) is 2.95. The van der Waals surface area contributed by atoms with E-state index in [0.29, 0.717) is 18.8 Å². The molecule has 0 saturated heterocycles. The number of rotatable bonds is 7. The molecule has 6 heteroatoms. The number of thioether (sulfide) groups is 1. The van der Waals surface area contributed by atoms with Crippen LogP contribution in [-0.4, -0.2) is 28.1 Å². The number of Topliss-reactive ketones (excluding diaryl/α,β-unsaturated/α-hetero) is 1. The second-order valence-corrected chi connectivity index (χ2v) is 6.95. The van der Waals surface area contributed by atoms with Crippen molar-refractivity contribution in [3.8, 4) is 5.75 Å². The smallest absolute Gasteiger partial charge is 0.149 e. The van der Waals surface area contributed by atoms with Crippen molar-refractivity contribution in [1.82, 2.24) is 9.97 Å². The summed E-state index contributed by atoms with van der Waals surface area (Å²) in [5.74, 6) is 1.41. The maximum absolute atomic E-state index is 12.1. The highest BCUT2D eigenvalue weighted by molar-refractivity contribution is 7.99. The molecule has 0 atom stereocenters. The van der Waals surface area contributed by atoms with Crippen LogP contribution in [0.25, 0.3) is 10.2 Å². The molecule has 0 amide bonds.